The van der Waals surface area contributed by atoms with Gasteiger partial charge in [-0.25, -0.2) is 0 Å². The van der Waals surface area contributed by atoms with Crippen molar-refractivity contribution >= 4 is 29.1 Å². The zero-order valence-electron chi connectivity index (χ0n) is 29.6. The normalized spacial score (nSPS) is 20.5. The molecule has 1 aromatic heterocycles. The summed E-state index contributed by atoms with van der Waals surface area (Å²) in [6, 6.07) is 22.2. The standard InChI is InChI=1S/C41H43Cl2N5O5/c1-51-40-26(22-46-34-9-4-10-35(34)49)19-33(42)41(48-40)53-36-15-14-30-29(6-3-7-31(30)36)32-8-2-5-28(39(32)43)24-11-12-25(37(20-24)52-18-17-44)21-45-23-27-13-16-38(50)47-27/h2-3,5-8,11-12,19-20,27,34-36,45-46,49H,4,9-10,13-16,18,21-23H2,1H3,(H,47,50)/t27-,34+,35-,36-/m0/s1. The van der Waals surface area contributed by atoms with Gasteiger partial charge in [0.15, 0.2) is 6.61 Å². The molecule has 53 heavy (non-hydrogen) atoms. The highest BCUT2D eigenvalue weighted by Gasteiger charge is 2.30. The predicted molar refractivity (Wildman–Crippen MR) is 204 cm³/mol. The van der Waals surface area contributed by atoms with Crippen molar-refractivity contribution in [2.75, 3.05) is 20.3 Å². The Kier molecular flexibility index (Phi) is 11.7. The van der Waals surface area contributed by atoms with Crippen LogP contribution in [-0.4, -0.2) is 54.4 Å². The summed E-state index contributed by atoms with van der Waals surface area (Å²) in [6.45, 7) is 1.58. The number of aliphatic hydroxyl groups is 1. The predicted octanol–water partition coefficient (Wildman–Crippen LogP) is 7.07. The number of pyridine rings is 1. The Morgan fingerprint density at radius 1 is 0.962 bits per heavy atom. The molecule has 0 bridgehead atoms. The molecule has 276 valence electrons. The third kappa shape index (κ3) is 8.25. The van der Waals surface area contributed by atoms with E-state index in [1.54, 1.807) is 7.11 Å². The molecule has 2 fully saturated rings. The molecule has 0 unspecified atom stereocenters. The minimum absolute atomic E-state index is 0.0429. The van der Waals surface area contributed by atoms with Crippen molar-refractivity contribution < 1.29 is 24.1 Å². The third-order valence-corrected chi connectivity index (χ3v) is 11.1. The van der Waals surface area contributed by atoms with Gasteiger partial charge in [-0.3, -0.25) is 4.79 Å². The van der Waals surface area contributed by atoms with Gasteiger partial charge in [-0.1, -0.05) is 71.7 Å². The number of hydrogen-bond donors (Lipinski definition) is 4. The lowest BCUT2D eigenvalue weighted by atomic mass is 9.93. The van der Waals surface area contributed by atoms with E-state index in [-0.39, 0.29) is 36.8 Å². The summed E-state index contributed by atoms with van der Waals surface area (Å²) in [4.78, 5) is 16.2. The van der Waals surface area contributed by atoms with Crippen LogP contribution in [0.5, 0.6) is 17.5 Å². The van der Waals surface area contributed by atoms with E-state index in [1.165, 1.54) is 0 Å². The largest absolute Gasteiger partial charge is 0.481 e. The average molecular weight is 757 g/mol. The molecule has 2 heterocycles. The fourth-order valence-electron chi connectivity index (χ4n) is 7.71. The number of aliphatic hydroxyl groups excluding tert-OH is 1. The van der Waals surface area contributed by atoms with Gasteiger partial charge in [-0.2, -0.15) is 10.2 Å². The number of benzene rings is 3. The van der Waals surface area contributed by atoms with Gasteiger partial charge in [-0.05, 0) is 72.9 Å². The number of methoxy groups -OCH3 is 1. The first-order chi connectivity index (χ1) is 25.8. The van der Waals surface area contributed by atoms with Crippen LogP contribution in [0.4, 0.5) is 0 Å². The summed E-state index contributed by atoms with van der Waals surface area (Å²) in [5.74, 6) is 1.44. The monoisotopic (exact) mass is 755 g/mol. The van der Waals surface area contributed by atoms with Gasteiger partial charge in [-0.15, -0.1) is 0 Å². The SMILES string of the molecule is COc1nc(O[C@H]2CCc3c(-c4cccc(-c5ccc(CNC[C@@H]6CCC(=O)N6)c(OCC#N)c5)c4Cl)cccc32)c(Cl)cc1CN[C@@H]1CCC[C@@H]1O. The van der Waals surface area contributed by atoms with Crippen molar-refractivity contribution in [2.45, 2.75) is 82.3 Å². The van der Waals surface area contributed by atoms with Crippen molar-refractivity contribution in [3.63, 3.8) is 0 Å². The second-order valence-electron chi connectivity index (χ2n) is 13.8. The second kappa shape index (κ2) is 16.8. The molecule has 4 atom stereocenters. The summed E-state index contributed by atoms with van der Waals surface area (Å²) in [5, 5.41) is 30.3. The van der Waals surface area contributed by atoms with Gasteiger partial charge in [0.1, 0.15) is 22.9 Å². The minimum atomic E-state index is -0.348. The number of hydrogen-bond acceptors (Lipinski definition) is 9. The van der Waals surface area contributed by atoms with Gasteiger partial charge in [0, 0.05) is 60.4 Å². The van der Waals surface area contributed by atoms with Crippen molar-refractivity contribution in [3.8, 4) is 45.8 Å². The minimum Gasteiger partial charge on any atom is -0.481 e. The maximum absolute atomic E-state index is 11.6. The smallest absolute Gasteiger partial charge is 0.236 e. The van der Waals surface area contributed by atoms with Crippen LogP contribution in [-0.2, 0) is 24.3 Å². The Morgan fingerprint density at radius 3 is 2.57 bits per heavy atom. The molecule has 2 aliphatic carbocycles. The van der Waals surface area contributed by atoms with E-state index in [1.807, 2.05) is 48.5 Å². The van der Waals surface area contributed by atoms with E-state index in [0.717, 1.165) is 83.0 Å². The lowest BCUT2D eigenvalue weighted by Gasteiger charge is -2.20. The Hall–Kier alpha value is -4.37. The molecule has 0 spiro atoms. The number of amides is 1. The van der Waals surface area contributed by atoms with Gasteiger partial charge < -0.3 is 35.3 Å². The average Bonchev–Trinajstić information content (AvgIpc) is 3.90. The lowest BCUT2D eigenvalue weighted by molar-refractivity contribution is -0.119. The first-order valence-electron chi connectivity index (χ1n) is 18.2. The molecule has 1 saturated carbocycles. The van der Waals surface area contributed by atoms with Crippen LogP contribution in [0.1, 0.15) is 66.9 Å². The van der Waals surface area contributed by atoms with Crippen molar-refractivity contribution in [3.05, 3.63) is 93.0 Å². The highest BCUT2D eigenvalue weighted by atomic mass is 35.5. The van der Waals surface area contributed by atoms with E-state index in [2.05, 4.69) is 39.1 Å². The Bertz CT molecular complexity index is 2020. The van der Waals surface area contributed by atoms with Crippen LogP contribution in [0.2, 0.25) is 10.0 Å². The highest BCUT2D eigenvalue weighted by Crippen LogP contribution is 2.45. The third-order valence-electron chi connectivity index (χ3n) is 10.4. The van der Waals surface area contributed by atoms with E-state index in [9.17, 15) is 15.2 Å². The lowest BCUT2D eigenvalue weighted by Crippen LogP contribution is -2.35. The first-order valence-corrected chi connectivity index (χ1v) is 18.9. The molecule has 12 heteroatoms. The molecular formula is C41H43Cl2N5O5. The maximum atomic E-state index is 11.6. The van der Waals surface area contributed by atoms with Gasteiger partial charge in [0.25, 0.3) is 0 Å². The van der Waals surface area contributed by atoms with Gasteiger partial charge in [0.2, 0.25) is 17.7 Å². The van der Waals surface area contributed by atoms with Crippen LogP contribution in [0.15, 0.2) is 60.7 Å². The molecular weight excluding hydrogens is 713 g/mol. The number of fused-ring (bicyclic) bond motifs is 1. The molecule has 7 rings (SSSR count). The van der Waals surface area contributed by atoms with Crippen LogP contribution in [0.25, 0.3) is 22.3 Å². The molecule has 3 aromatic carbocycles. The Morgan fingerprint density at radius 2 is 1.79 bits per heavy atom. The molecule has 1 saturated heterocycles. The van der Waals surface area contributed by atoms with Crippen molar-refractivity contribution in [1.82, 2.24) is 20.9 Å². The summed E-state index contributed by atoms with van der Waals surface area (Å²) in [5.41, 5.74) is 7.60. The number of aromatic nitrogens is 1. The fourth-order valence-corrected chi connectivity index (χ4v) is 8.27. The fraction of sp³-hybridized carbons (Fsp3) is 0.390. The van der Waals surface area contributed by atoms with Crippen LogP contribution >= 0.6 is 23.2 Å². The zero-order chi connectivity index (χ0) is 36.9. The number of rotatable bonds is 14. The molecule has 4 N–H and O–H groups in total. The number of halogens is 2. The summed E-state index contributed by atoms with van der Waals surface area (Å²) in [7, 11) is 1.58. The molecule has 10 nitrogen and oxygen atoms in total. The highest BCUT2D eigenvalue weighted by molar-refractivity contribution is 6.36. The van der Waals surface area contributed by atoms with E-state index in [0.29, 0.717) is 53.6 Å². The molecule has 4 aromatic rings. The summed E-state index contributed by atoms with van der Waals surface area (Å²) in [6.07, 6.45) is 5.03. The first kappa shape index (κ1) is 37.0. The van der Waals surface area contributed by atoms with E-state index >= 15 is 0 Å². The van der Waals surface area contributed by atoms with E-state index in [4.69, 9.17) is 37.4 Å². The number of carbonyl (C=O) groups excluding carboxylic acids is 1. The van der Waals surface area contributed by atoms with Gasteiger partial charge >= 0.3 is 0 Å². The number of nitrogens with one attached hydrogen (secondary N) is 3. The molecule has 1 aliphatic heterocycles. The Balaban J connectivity index is 1.10. The van der Waals surface area contributed by atoms with Crippen LogP contribution in [0.3, 0.4) is 0 Å². The summed E-state index contributed by atoms with van der Waals surface area (Å²) < 4.78 is 18.0. The van der Waals surface area contributed by atoms with Gasteiger partial charge in [0.05, 0.1) is 18.2 Å². The maximum Gasteiger partial charge on any atom is 0.236 e. The quantitative estimate of drug-likeness (QED) is 0.107. The molecule has 0 radical (unpaired) electrons. The zero-order valence-corrected chi connectivity index (χ0v) is 31.1. The number of carbonyl (C=O) groups is 1. The van der Waals surface area contributed by atoms with E-state index < -0.39 is 0 Å². The summed E-state index contributed by atoms with van der Waals surface area (Å²) >= 11 is 14.0. The molecule has 1 amide bonds. The number of nitriles is 1. The van der Waals surface area contributed by atoms with Crippen LogP contribution < -0.4 is 30.2 Å². The molecule has 3 aliphatic rings. The Labute approximate surface area is 319 Å². The number of nitrogens with zero attached hydrogens (tertiary/aromatic N) is 2. The number of ether oxygens (including phenoxy) is 3. The van der Waals surface area contributed by atoms with Crippen molar-refractivity contribution in [2.24, 2.45) is 0 Å². The second-order valence-corrected chi connectivity index (χ2v) is 14.6. The topological polar surface area (TPSA) is 138 Å². The van der Waals surface area contributed by atoms with Crippen LogP contribution in [0, 0.1) is 11.3 Å². The van der Waals surface area contributed by atoms with Crippen molar-refractivity contribution in [1.29, 1.82) is 5.26 Å².